The highest BCUT2D eigenvalue weighted by atomic mass is 35.5. The first-order valence-electron chi connectivity index (χ1n) is 5.72. The quantitative estimate of drug-likeness (QED) is 0.852. The van der Waals surface area contributed by atoms with Crippen LogP contribution in [-0.2, 0) is 0 Å². The SMILES string of the molecule is COc1ccc(Cl)cc1C(C)CC(O)C(C)N. The van der Waals surface area contributed by atoms with E-state index in [0.29, 0.717) is 11.4 Å². The summed E-state index contributed by atoms with van der Waals surface area (Å²) < 4.78 is 5.29. The molecule has 1 aromatic carbocycles. The Labute approximate surface area is 108 Å². The third-order valence-corrected chi connectivity index (χ3v) is 3.16. The minimum Gasteiger partial charge on any atom is -0.496 e. The van der Waals surface area contributed by atoms with E-state index in [0.717, 1.165) is 11.3 Å². The summed E-state index contributed by atoms with van der Waals surface area (Å²) in [5, 5.41) is 10.5. The zero-order chi connectivity index (χ0) is 13.0. The van der Waals surface area contributed by atoms with Gasteiger partial charge in [0.05, 0.1) is 13.2 Å². The van der Waals surface area contributed by atoms with Gasteiger partial charge in [0.25, 0.3) is 0 Å². The van der Waals surface area contributed by atoms with Crippen molar-refractivity contribution in [1.29, 1.82) is 0 Å². The summed E-state index contributed by atoms with van der Waals surface area (Å²) in [7, 11) is 1.63. The van der Waals surface area contributed by atoms with Crippen molar-refractivity contribution in [2.24, 2.45) is 5.73 Å². The van der Waals surface area contributed by atoms with Crippen LogP contribution in [0.1, 0.15) is 31.7 Å². The maximum absolute atomic E-state index is 9.79. The average Bonchev–Trinajstić information content (AvgIpc) is 2.28. The fourth-order valence-corrected chi connectivity index (χ4v) is 1.97. The highest BCUT2D eigenvalue weighted by Gasteiger charge is 2.18. The average molecular weight is 258 g/mol. The van der Waals surface area contributed by atoms with Crippen molar-refractivity contribution in [2.45, 2.75) is 38.3 Å². The van der Waals surface area contributed by atoms with Crippen molar-refractivity contribution in [1.82, 2.24) is 0 Å². The first-order valence-corrected chi connectivity index (χ1v) is 6.10. The van der Waals surface area contributed by atoms with Crippen LogP contribution in [-0.4, -0.2) is 24.4 Å². The topological polar surface area (TPSA) is 55.5 Å². The van der Waals surface area contributed by atoms with Crippen molar-refractivity contribution >= 4 is 11.6 Å². The zero-order valence-electron chi connectivity index (χ0n) is 10.5. The molecule has 0 spiro atoms. The molecule has 3 nitrogen and oxygen atoms in total. The van der Waals surface area contributed by atoms with Gasteiger partial charge in [-0.1, -0.05) is 18.5 Å². The minimum atomic E-state index is -0.520. The molecule has 0 heterocycles. The maximum Gasteiger partial charge on any atom is 0.122 e. The fourth-order valence-electron chi connectivity index (χ4n) is 1.79. The molecule has 3 N–H and O–H groups in total. The Morgan fingerprint density at radius 3 is 2.59 bits per heavy atom. The molecule has 0 saturated carbocycles. The largest absolute Gasteiger partial charge is 0.496 e. The van der Waals surface area contributed by atoms with Gasteiger partial charge >= 0.3 is 0 Å². The van der Waals surface area contributed by atoms with E-state index in [1.807, 2.05) is 19.1 Å². The molecule has 3 unspecified atom stereocenters. The number of halogens is 1. The molecule has 0 aliphatic heterocycles. The van der Waals surface area contributed by atoms with Crippen molar-refractivity contribution < 1.29 is 9.84 Å². The molecule has 0 bridgehead atoms. The van der Waals surface area contributed by atoms with Crippen molar-refractivity contribution in [3.8, 4) is 5.75 Å². The first-order chi connectivity index (χ1) is 7.95. The minimum absolute atomic E-state index is 0.143. The van der Waals surface area contributed by atoms with Crippen LogP contribution in [0, 0.1) is 0 Å². The molecule has 3 atom stereocenters. The molecule has 1 rings (SSSR count). The molecular weight excluding hydrogens is 238 g/mol. The molecule has 0 fully saturated rings. The summed E-state index contributed by atoms with van der Waals surface area (Å²) in [5.41, 5.74) is 6.66. The van der Waals surface area contributed by atoms with E-state index in [-0.39, 0.29) is 12.0 Å². The van der Waals surface area contributed by atoms with Crippen LogP contribution >= 0.6 is 11.6 Å². The summed E-state index contributed by atoms with van der Waals surface area (Å²) in [4.78, 5) is 0. The van der Waals surface area contributed by atoms with E-state index in [1.165, 1.54) is 0 Å². The Kier molecular flexibility index (Phi) is 5.25. The summed E-state index contributed by atoms with van der Waals surface area (Å²) in [6.45, 7) is 3.83. The molecule has 0 aromatic heterocycles. The Morgan fingerprint density at radius 2 is 2.06 bits per heavy atom. The van der Waals surface area contributed by atoms with Gasteiger partial charge < -0.3 is 15.6 Å². The number of hydrogen-bond acceptors (Lipinski definition) is 3. The third kappa shape index (κ3) is 3.87. The molecule has 1 aromatic rings. The van der Waals surface area contributed by atoms with Gasteiger partial charge in [-0.3, -0.25) is 0 Å². The van der Waals surface area contributed by atoms with Gasteiger partial charge in [0, 0.05) is 11.1 Å². The molecule has 0 saturated heterocycles. The standard InChI is InChI=1S/C13H20ClNO2/c1-8(6-12(16)9(2)15)11-7-10(14)4-5-13(11)17-3/h4-5,7-9,12,16H,6,15H2,1-3H3. The van der Waals surface area contributed by atoms with E-state index in [1.54, 1.807) is 20.1 Å². The second-order valence-corrected chi connectivity index (χ2v) is 4.89. The van der Waals surface area contributed by atoms with Crippen LogP contribution in [0.25, 0.3) is 0 Å². The van der Waals surface area contributed by atoms with Crippen molar-refractivity contribution in [3.05, 3.63) is 28.8 Å². The van der Waals surface area contributed by atoms with Gasteiger partial charge in [-0.05, 0) is 43.0 Å². The molecule has 96 valence electrons. The molecule has 0 amide bonds. The van der Waals surface area contributed by atoms with Crippen molar-refractivity contribution in [3.63, 3.8) is 0 Å². The van der Waals surface area contributed by atoms with Gasteiger partial charge in [-0.2, -0.15) is 0 Å². The Hall–Kier alpha value is -0.770. The van der Waals surface area contributed by atoms with E-state index < -0.39 is 6.10 Å². The van der Waals surface area contributed by atoms with Crippen molar-refractivity contribution in [2.75, 3.05) is 7.11 Å². The predicted octanol–water partition coefficient (Wildman–Crippen LogP) is 2.55. The Morgan fingerprint density at radius 1 is 1.41 bits per heavy atom. The van der Waals surface area contributed by atoms with Crippen LogP contribution in [0.4, 0.5) is 0 Å². The smallest absolute Gasteiger partial charge is 0.122 e. The highest BCUT2D eigenvalue weighted by Crippen LogP contribution is 2.32. The van der Waals surface area contributed by atoms with Gasteiger partial charge in [-0.15, -0.1) is 0 Å². The van der Waals surface area contributed by atoms with E-state index in [2.05, 4.69) is 0 Å². The summed E-state index contributed by atoms with van der Waals surface area (Å²) in [5.74, 6) is 0.934. The molecule has 0 aliphatic carbocycles. The summed E-state index contributed by atoms with van der Waals surface area (Å²) >= 11 is 5.97. The van der Waals surface area contributed by atoms with Crippen LogP contribution < -0.4 is 10.5 Å². The normalized spacial score (nSPS) is 16.4. The number of benzene rings is 1. The van der Waals surface area contributed by atoms with Crippen LogP contribution in [0.5, 0.6) is 5.75 Å². The second kappa shape index (κ2) is 6.24. The summed E-state index contributed by atoms with van der Waals surface area (Å²) in [6, 6.07) is 5.27. The van der Waals surface area contributed by atoms with Crippen LogP contribution in [0.15, 0.2) is 18.2 Å². The zero-order valence-corrected chi connectivity index (χ0v) is 11.2. The van der Waals surface area contributed by atoms with Crippen LogP contribution in [0.3, 0.4) is 0 Å². The van der Waals surface area contributed by atoms with Gasteiger partial charge in [-0.25, -0.2) is 0 Å². The number of hydrogen-bond donors (Lipinski definition) is 2. The lowest BCUT2D eigenvalue weighted by atomic mass is 9.92. The lowest BCUT2D eigenvalue weighted by Gasteiger charge is -2.21. The fraction of sp³-hybridized carbons (Fsp3) is 0.538. The predicted molar refractivity (Wildman–Crippen MR) is 70.7 cm³/mol. The first kappa shape index (κ1) is 14.3. The van der Waals surface area contributed by atoms with E-state index >= 15 is 0 Å². The van der Waals surface area contributed by atoms with Gasteiger partial charge in [0.2, 0.25) is 0 Å². The number of methoxy groups -OCH3 is 1. The molecule has 4 heteroatoms. The lowest BCUT2D eigenvalue weighted by Crippen LogP contribution is -2.32. The number of nitrogens with two attached hydrogens (primary N) is 1. The number of rotatable bonds is 5. The molecule has 0 radical (unpaired) electrons. The van der Waals surface area contributed by atoms with E-state index in [4.69, 9.17) is 22.1 Å². The van der Waals surface area contributed by atoms with E-state index in [9.17, 15) is 5.11 Å². The Bertz CT molecular complexity index is 368. The Balaban J connectivity index is 2.87. The van der Waals surface area contributed by atoms with Gasteiger partial charge in [0.15, 0.2) is 0 Å². The highest BCUT2D eigenvalue weighted by molar-refractivity contribution is 6.30. The third-order valence-electron chi connectivity index (χ3n) is 2.92. The summed E-state index contributed by atoms with van der Waals surface area (Å²) in [6.07, 6.45) is 0.0719. The molecule has 17 heavy (non-hydrogen) atoms. The van der Waals surface area contributed by atoms with Crippen LogP contribution in [0.2, 0.25) is 5.02 Å². The number of aliphatic hydroxyl groups is 1. The number of aliphatic hydroxyl groups excluding tert-OH is 1. The van der Waals surface area contributed by atoms with Gasteiger partial charge in [0.1, 0.15) is 5.75 Å². The number of ether oxygens (including phenoxy) is 1. The molecule has 0 aliphatic rings. The maximum atomic E-state index is 9.79. The molecular formula is C13H20ClNO2. The lowest BCUT2D eigenvalue weighted by molar-refractivity contribution is 0.134. The second-order valence-electron chi connectivity index (χ2n) is 4.45. The monoisotopic (exact) mass is 257 g/mol.